The van der Waals surface area contributed by atoms with Gasteiger partial charge in [-0.2, -0.15) is 0 Å². The van der Waals surface area contributed by atoms with Crippen molar-refractivity contribution in [3.63, 3.8) is 0 Å². The minimum Gasteiger partial charge on any atom is -0.399 e. The molecule has 0 radical (unpaired) electrons. The Hall–Kier alpha value is -2.24. The van der Waals surface area contributed by atoms with Crippen LogP contribution < -0.4 is 11.1 Å². The van der Waals surface area contributed by atoms with Crippen molar-refractivity contribution < 1.29 is 4.79 Å². The van der Waals surface area contributed by atoms with Crippen LogP contribution in [-0.2, 0) is 17.6 Å². The second kappa shape index (κ2) is 10.0. The molecule has 0 aliphatic carbocycles. The fourth-order valence-electron chi connectivity index (χ4n) is 2.70. The van der Waals surface area contributed by atoms with Gasteiger partial charge in [0.25, 0.3) is 0 Å². The Balaban J connectivity index is 0.00000169. The highest BCUT2D eigenvalue weighted by Gasteiger charge is 2.07. The van der Waals surface area contributed by atoms with Crippen molar-refractivity contribution >= 4 is 47.4 Å². The maximum atomic E-state index is 12.0. The van der Waals surface area contributed by atoms with Crippen molar-refractivity contribution in [2.45, 2.75) is 26.2 Å². The summed E-state index contributed by atoms with van der Waals surface area (Å²) in [7, 11) is 0. The summed E-state index contributed by atoms with van der Waals surface area (Å²) in [5.41, 5.74) is 10.7. The number of imidazole rings is 1. The molecule has 7 heteroatoms. The highest BCUT2D eigenvalue weighted by molar-refractivity contribution is 5.85. The van der Waals surface area contributed by atoms with Gasteiger partial charge in [-0.25, -0.2) is 4.98 Å². The molecule has 1 aromatic heterocycles. The lowest BCUT2D eigenvalue weighted by Crippen LogP contribution is -2.26. The van der Waals surface area contributed by atoms with Crippen LogP contribution in [0.1, 0.15) is 23.4 Å². The van der Waals surface area contributed by atoms with E-state index in [1.807, 2.05) is 49.4 Å². The Morgan fingerprint density at radius 3 is 2.54 bits per heavy atom. The molecule has 3 rings (SSSR count). The first-order chi connectivity index (χ1) is 11.6. The van der Waals surface area contributed by atoms with Crippen LogP contribution in [0.25, 0.3) is 11.0 Å². The van der Waals surface area contributed by atoms with Crippen LogP contribution >= 0.6 is 24.8 Å². The van der Waals surface area contributed by atoms with Crippen LogP contribution in [-0.4, -0.2) is 22.4 Å². The van der Waals surface area contributed by atoms with E-state index >= 15 is 0 Å². The monoisotopic (exact) mass is 394 g/mol. The Morgan fingerprint density at radius 2 is 1.85 bits per heavy atom. The number of amides is 1. The van der Waals surface area contributed by atoms with Crippen molar-refractivity contribution in [2.24, 2.45) is 0 Å². The molecule has 26 heavy (non-hydrogen) atoms. The van der Waals surface area contributed by atoms with Crippen LogP contribution in [0.3, 0.4) is 0 Å². The summed E-state index contributed by atoms with van der Waals surface area (Å²) < 4.78 is 0. The number of carbonyl (C=O) groups excluding carboxylic acids is 1. The van der Waals surface area contributed by atoms with Gasteiger partial charge in [0.05, 0.1) is 11.0 Å². The molecule has 2 aromatic carbocycles. The van der Waals surface area contributed by atoms with Gasteiger partial charge in [0, 0.05) is 25.1 Å². The summed E-state index contributed by atoms with van der Waals surface area (Å²) in [5, 5.41) is 2.95. The molecule has 0 aliphatic rings. The molecule has 0 bridgehead atoms. The van der Waals surface area contributed by atoms with Gasteiger partial charge in [-0.15, -0.1) is 24.8 Å². The number of rotatable bonds is 6. The number of hydrogen-bond acceptors (Lipinski definition) is 3. The number of H-pyrrole nitrogens is 1. The molecule has 0 saturated heterocycles. The van der Waals surface area contributed by atoms with Crippen LogP contribution in [0.5, 0.6) is 0 Å². The number of aromatic nitrogens is 2. The van der Waals surface area contributed by atoms with Crippen LogP contribution in [0.15, 0.2) is 42.5 Å². The highest BCUT2D eigenvalue weighted by atomic mass is 35.5. The zero-order valence-corrected chi connectivity index (χ0v) is 16.3. The summed E-state index contributed by atoms with van der Waals surface area (Å²) in [4.78, 5) is 19.8. The van der Waals surface area contributed by atoms with E-state index in [0.29, 0.717) is 19.4 Å². The molecule has 3 aromatic rings. The molecule has 1 heterocycles. The van der Waals surface area contributed by atoms with E-state index in [1.165, 1.54) is 0 Å². The third-order valence-corrected chi connectivity index (χ3v) is 4.07. The van der Waals surface area contributed by atoms with Gasteiger partial charge in [-0.1, -0.05) is 24.3 Å². The number of nitrogen functional groups attached to an aromatic ring is 1. The van der Waals surface area contributed by atoms with Gasteiger partial charge >= 0.3 is 0 Å². The number of aromatic amines is 1. The Labute approximate surface area is 165 Å². The predicted molar refractivity (Wildman–Crippen MR) is 111 cm³/mol. The first-order valence-corrected chi connectivity index (χ1v) is 8.17. The Kier molecular flexibility index (Phi) is 8.42. The largest absolute Gasteiger partial charge is 0.399 e. The number of nitrogens with zero attached hydrogens (tertiary/aromatic N) is 1. The van der Waals surface area contributed by atoms with Crippen molar-refractivity contribution in [2.75, 3.05) is 12.3 Å². The number of benzene rings is 2. The van der Waals surface area contributed by atoms with E-state index in [0.717, 1.165) is 40.1 Å². The average molecular weight is 395 g/mol. The van der Waals surface area contributed by atoms with Crippen molar-refractivity contribution in [3.8, 4) is 0 Å². The van der Waals surface area contributed by atoms with Crippen LogP contribution in [0.4, 0.5) is 5.69 Å². The van der Waals surface area contributed by atoms with E-state index in [1.54, 1.807) is 0 Å². The molecule has 0 atom stereocenters. The van der Waals surface area contributed by atoms with Gasteiger partial charge < -0.3 is 16.0 Å². The van der Waals surface area contributed by atoms with Crippen LogP contribution in [0, 0.1) is 6.92 Å². The molecule has 4 N–H and O–H groups in total. The molecule has 5 nitrogen and oxygen atoms in total. The second-order valence-electron chi connectivity index (χ2n) is 6.00. The number of halogens is 2. The number of carbonyl (C=O) groups is 1. The predicted octanol–water partition coefficient (Wildman–Crippen LogP) is 3.59. The van der Waals surface area contributed by atoms with E-state index in [-0.39, 0.29) is 30.7 Å². The number of nitrogens with one attached hydrogen (secondary N) is 2. The zero-order chi connectivity index (χ0) is 16.9. The number of aryl methyl sites for hydroxylation is 2. The molecule has 0 spiro atoms. The van der Waals surface area contributed by atoms with E-state index < -0.39 is 0 Å². The second-order valence-corrected chi connectivity index (χ2v) is 6.00. The lowest BCUT2D eigenvalue weighted by molar-refractivity contribution is -0.121. The minimum absolute atomic E-state index is 0. The number of fused-ring (bicyclic) bond motifs is 1. The molecule has 0 aliphatic heterocycles. The summed E-state index contributed by atoms with van der Waals surface area (Å²) in [6, 6.07) is 13.8. The number of hydrogen-bond donors (Lipinski definition) is 3. The smallest absolute Gasteiger partial charge is 0.220 e. The molecule has 0 saturated carbocycles. The Bertz CT molecular complexity index is 846. The first-order valence-electron chi connectivity index (χ1n) is 8.17. The van der Waals surface area contributed by atoms with Crippen LogP contribution in [0.2, 0.25) is 0 Å². The van der Waals surface area contributed by atoms with E-state index in [2.05, 4.69) is 15.3 Å². The number of anilines is 1. The summed E-state index contributed by atoms with van der Waals surface area (Å²) in [6.07, 6.45) is 1.85. The third-order valence-electron chi connectivity index (χ3n) is 4.07. The fraction of sp³-hybridized carbons (Fsp3) is 0.263. The molecule has 0 unspecified atom stereocenters. The molecule has 140 valence electrons. The van der Waals surface area contributed by atoms with Crippen molar-refractivity contribution in [3.05, 3.63) is 59.4 Å². The molecule has 1 amide bonds. The first kappa shape index (κ1) is 21.8. The summed E-state index contributed by atoms with van der Waals surface area (Å²) in [6.45, 7) is 2.67. The van der Waals surface area contributed by atoms with Gasteiger partial charge in [0.2, 0.25) is 5.91 Å². The quantitative estimate of drug-likeness (QED) is 0.558. The van der Waals surface area contributed by atoms with Gasteiger partial charge in [-0.3, -0.25) is 4.79 Å². The SMILES string of the molecule is Cc1cccc2[nH]c(CCC(=O)NCCc3ccc(N)cc3)nc12.Cl.Cl. The van der Waals surface area contributed by atoms with E-state index in [4.69, 9.17) is 5.73 Å². The Morgan fingerprint density at radius 1 is 1.12 bits per heavy atom. The van der Waals surface area contributed by atoms with Gasteiger partial charge in [0.1, 0.15) is 5.82 Å². The number of para-hydroxylation sites is 1. The maximum Gasteiger partial charge on any atom is 0.220 e. The maximum absolute atomic E-state index is 12.0. The molecular formula is C19H24Cl2N4O. The lowest BCUT2D eigenvalue weighted by Gasteiger charge is -2.05. The standard InChI is InChI=1S/C19H22N4O.2ClH/c1-13-3-2-4-16-19(13)23-17(22-16)9-10-18(24)21-12-11-14-5-7-15(20)8-6-14;;/h2-8H,9-12,20H2,1H3,(H,21,24)(H,22,23);2*1H. The summed E-state index contributed by atoms with van der Waals surface area (Å²) in [5.74, 6) is 0.899. The molecular weight excluding hydrogens is 371 g/mol. The summed E-state index contributed by atoms with van der Waals surface area (Å²) >= 11 is 0. The lowest BCUT2D eigenvalue weighted by atomic mass is 10.1. The van der Waals surface area contributed by atoms with Crippen molar-refractivity contribution in [1.82, 2.24) is 15.3 Å². The third kappa shape index (κ3) is 5.64. The van der Waals surface area contributed by atoms with Crippen molar-refractivity contribution in [1.29, 1.82) is 0 Å². The van der Waals surface area contributed by atoms with E-state index in [9.17, 15) is 4.79 Å². The zero-order valence-electron chi connectivity index (χ0n) is 14.6. The highest BCUT2D eigenvalue weighted by Crippen LogP contribution is 2.16. The molecule has 0 fully saturated rings. The van der Waals surface area contributed by atoms with Gasteiger partial charge in [0.15, 0.2) is 0 Å². The fourth-order valence-corrected chi connectivity index (χ4v) is 2.70. The normalized spacial score (nSPS) is 10.0. The minimum atomic E-state index is 0. The number of nitrogens with two attached hydrogens (primary N) is 1. The van der Waals surface area contributed by atoms with Gasteiger partial charge in [-0.05, 0) is 42.7 Å². The average Bonchev–Trinajstić information content (AvgIpc) is 2.99. The topological polar surface area (TPSA) is 83.8 Å².